The molecule has 8 heteroatoms. The highest BCUT2D eigenvalue weighted by atomic mass is 16.6. The fourth-order valence-corrected chi connectivity index (χ4v) is 2.07. The van der Waals surface area contributed by atoms with Crippen molar-refractivity contribution in [3.8, 4) is 0 Å². The summed E-state index contributed by atoms with van der Waals surface area (Å²) in [5.41, 5.74) is -0.0599. The third-order valence-corrected chi connectivity index (χ3v) is 3.03. The number of rotatable bonds is 6. The maximum absolute atomic E-state index is 12.4. The van der Waals surface area contributed by atoms with Crippen LogP contribution in [0, 0.1) is 0 Å². The van der Waals surface area contributed by atoms with Gasteiger partial charge in [0.25, 0.3) is 5.91 Å². The Kier molecular flexibility index (Phi) is 7.30. The summed E-state index contributed by atoms with van der Waals surface area (Å²) in [5, 5.41) is 5.01. The van der Waals surface area contributed by atoms with Gasteiger partial charge in [-0.3, -0.25) is 14.4 Å². The molecule has 0 fully saturated rings. The number of esters is 2. The van der Waals surface area contributed by atoms with Crippen LogP contribution >= 0.6 is 0 Å². The zero-order valence-electron chi connectivity index (χ0n) is 15.5. The topological polar surface area (TPSA) is 111 Å². The standard InChI is InChI=1S/C18H24N2O6/c1-11(21)19-13-8-6-7-12(9-13)16(23)20-14(17(24)25-5)10-15(22)26-18(2,3)4/h6-9,14H,10H2,1-5H3,(H,19,21)(H,20,23)/t14-/m0/s1. The molecule has 1 aromatic rings. The van der Waals surface area contributed by atoms with Crippen LogP contribution in [-0.4, -0.2) is 42.5 Å². The van der Waals surface area contributed by atoms with Crippen LogP contribution in [0.4, 0.5) is 5.69 Å². The molecular formula is C18H24N2O6. The highest BCUT2D eigenvalue weighted by Gasteiger charge is 2.28. The van der Waals surface area contributed by atoms with Crippen LogP contribution in [0.5, 0.6) is 0 Å². The van der Waals surface area contributed by atoms with Crippen LogP contribution in [0.25, 0.3) is 0 Å². The Morgan fingerprint density at radius 2 is 1.81 bits per heavy atom. The van der Waals surface area contributed by atoms with Gasteiger partial charge in [0, 0.05) is 18.2 Å². The third kappa shape index (κ3) is 7.33. The fourth-order valence-electron chi connectivity index (χ4n) is 2.07. The number of hydrogen-bond donors (Lipinski definition) is 2. The molecule has 26 heavy (non-hydrogen) atoms. The van der Waals surface area contributed by atoms with Crippen LogP contribution in [-0.2, 0) is 23.9 Å². The summed E-state index contributed by atoms with van der Waals surface area (Å²) >= 11 is 0. The number of anilines is 1. The molecule has 0 saturated heterocycles. The zero-order valence-corrected chi connectivity index (χ0v) is 15.5. The molecule has 0 radical (unpaired) electrons. The maximum Gasteiger partial charge on any atom is 0.328 e. The Labute approximate surface area is 152 Å². The predicted molar refractivity (Wildman–Crippen MR) is 94.5 cm³/mol. The molecule has 0 unspecified atom stereocenters. The third-order valence-electron chi connectivity index (χ3n) is 3.03. The largest absolute Gasteiger partial charge is 0.467 e. The summed E-state index contributed by atoms with van der Waals surface area (Å²) in [7, 11) is 1.16. The Hall–Kier alpha value is -2.90. The molecule has 0 aliphatic carbocycles. The zero-order chi connectivity index (χ0) is 19.9. The van der Waals surface area contributed by atoms with E-state index in [0.29, 0.717) is 5.69 Å². The lowest BCUT2D eigenvalue weighted by Crippen LogP contribution is -2.43. The van der Waals surface area contributed by atoms with Crippen molar-refractivity contribution in [3.63, 3.8) is 0 Å². The van der Waals surface area contributed by atoms with Gasteiger partial charge >= 0.3 is 11.9 Å². The van der Waals surface area contributed by atoms with Gasteiger partial charge in [-0.2, -0.15) is 0 Å². The predicted octanol–water partition coefficient (Wildman–Crippen LogP) is 1.65. The molecule has 0 aromatic heterocycles. The van der Waals surface area contributed by atoms with E-state index in [0.717, 1.165) is 7.11 Å². The number of nitrogens with one attached hydrogen (secondary N) is 2. The fraction of sp³-hybridized carbons (Fsp3) is 0.444. The molecule has 0 spiro atoms. The average Bonchev–Trinajstić information content (AvgIpc) is 2.51. The van der Waals surface area contributed by atoms with Gasteiger partial charge in [0.2, 0.25) is 5.91 Å². The van der Waals surface area contributed by atoms with E-state index in [2.05, 4.69) is 15.4 Å². The van der Waals surface area contributed by atoms with E-state index in [4.69, 9.17) is 4.74 Å². The van der Waals surface area contributed by atoms with Gasteiger partial charge in [-0.25, -0.2) is 4.79 Å². The van der Waals surface area contributed by atoms with Crippen molar-refractivity contribution < 1.29 is 28.7 Å². The summed E-state index contributed by atoms with van der Waals surface area (Å²) in [5.74, 6) is -2.27. The molecule has 0 bridgehead atoms. The number of benzene rings is 1. The van der Waals surface area contributed by atoms with Gasteiger partial charge in [-0.15, -0.1) is 0 Å². The van der Waals surface area contributed by atoms with Crippen LogP contribution in [0.1, 0.15) is 44.5 Å². The average molecular weight is 364 g/mol. The Balaban J connectivity index is 2.87. The summed E-state index contributed by atoms with van der Waals surface area (Å²) in [6.45, 7) is 6.44. The van der Waals surface area contributed by atoms with Crippen molar-refractivity contribution in [3.05, 3.63) is 29.8 Å². The smallest absolute Gasteiger partial charge is 0.328 e. The minimum Gasteiger partial charge on any atom is -0.467 e. The van der Waals surface area contributed by atoms with Gasteiger partial charge in [-0.1, -0.05) is 6.07 Å². The second kappa shape index (κ2) is 8.98. The first-order valence-corrected chi connectivity index (χ1v) is 8.00. The van der Waals surface area contributed by atoms with E-state index in [9.17, 15) is 19.2 Å². The Bertz CT molecular complexity index is 693. The van der Waals surface area contributed by atoms with Gasteiger partial charge in [-0.05, 0) is 39.0 Å². The highest BCUT2D eigenvalue weighted by molar-refractivity contribution is 5.99. The van der Waals surface area contributed by atoms with E-state index >= 15 is 0 Å². The summed E-state index contributed by atoms with van der Waals surface area (Å²) < 4.78 is 9.81. The summed E-state index contributed by atoms with van der Waals surface area (Å²) in [6, 6.07) is 4.99. The van der Waals surface area contributed by atoms with Gasteiger partial charge in [0.05, 0.1) is 13.5 Å². The normalized spacial score (nSPS) is 11.9. The molecule has 0 aliphatic rings. The number of hydrogen-bond acceptors (Lipinski definition) is 6. The minimum absolute atomic E-state index is 0.217. The van der Waals surface area contributed by atoms with Crippen LogP contribution in [0.15, 0.2) is 24.3 Å². The van der Waals surface area contributed by atoms with E-state index in [-0.39, 0.29) is 17.9 Å². The van der Waals surface area contributed by atoms with E-state index < -0.39 is 29.5 Å². The monoisotopic (exact) mass is 364 g/mol. The van der Waals surface area contributed by atoms with Crippen LogP contribution in [0.3, 0.4) is 0 Å². The summed E-state index contributed by atoms with van der Waals surface area (Å²) in [6.07, 6.45) is -0.360. The Morgan fingerprint density at radius 3 is 2.35 bits per heavy atom. The van der Waals surface area contributed by atoms with Crippen LogP contribution in [0.2, 0.25) is 0 Å². The maximum atomic E-state index is 12.4. The number of methoxy groups -OCH3 is 1. The van der Waals surface area contributed by atoms with Crippen molar-refractivity contribution >= 4 is 29.4 Å². The first kappa shape index (κ1) is 21.1. The molecule has 2 amide bonds. The molecule has 2 N–H and O–H groups in total. The quantitative estimate of drug-likeness (QED) is 0.743. The second-order valence-electron chi connectivity index (χ2n) is 6.60. The van der Waals surface area contributed by atoms with E-state index in [1.165, 1.54) is 19.1 Å². The molecule has 1 rings (SSSR count). The first-order chi connectivity index (χ1) is 12.0. The first-order valence-electron chi connectivity index (χ1n) is 8.00. The van der Waals surface area contributed by atoms with E-state index in [1.54, 1.807) is 32.9 Å². The molecule has 0 aliphatic heterocycles. The molecular weight excluding hydrogens is 340 g/mol. The van der Waals surface area contributed by atoms with Gasteiger partial charge in [0.15, 0.2) is 0 Å². The number of ether oxygens (including phenoxy) is 2. The van der Waals surface area contributed by atoms with Crippen molar-refractivity contribution in [1.29, 1.82) is 0 Å². The van der Waals surface area contributed by atoms with Gasteiger partial charge in [0.1, 0.15) is 11.6 Å². The molecule has 0 heterocycles. The van der Waals surface area contributed by atoms with Gasteiger partial charge < -0.3 is 20.1 Å². The summed E-state index contributed by atoms with van der Waals surface area (Å²) in [4.78, 5) is 47.4. The molecule has 0 saturated carbocycles. The molecule has 8 nitrogen and oxygen atoms in total. The number of carbonyl (C=O) groups is 4. The SMILES string of the molecule is COC(=O)[C@H](CC(=O)OC(C)(C)C)NC(=O)c1cccc(NC(C)=O)c1. The van der Waals surface area contributed by atoms with Crippen molar-refractivity contribution in [2.24, 2.45) is 0 Å². The molecule has 142 valence electrons. The van der Waals surface area contributed by atoms with Crippen molar-refractivity contribution in [2.75, 3.05) is 12.4 Å². The lowest BCUT2D eigenvalue weighted by Gasteiger charge is -2.22. The lowest BCUT2D eigenvalue weighted by atomic mass is 10.1. The lowest BCUT2D eigenvalue weighted by molar-refractivity contribution is -0.158. The van der Waals surface area contributed by atoms with Crippen LogP contribution < -0.4 is 10.6 Å². The van der Waals surface area contributed by atoms with E-state index in [1.807, 2.05) is 0 Å². The van der Waals surface area contributed by atoms with Crippen molar-refractivity contribution in [2.45, 2.75) is 45.8 Å². The molecule has 1 atom stereocenters. The Morgan fingerprint density at radius 1 is 1.15 bits per heavy atom. The van der Waals surface area contributed by atoms with Crippen molar-refractivity contribution in [1.82, 2.24) is 5.32 Å². The highest BCUT2D eigenvalue weighted by Crippen LogP contribution is 2.13. The number of amides is 2. The molecule has 1 aromatic carbocycles. The minimum atomic E-state index is -1.19. The second-order valence-corrected chi connectivity index (χ2v) is 6.60. The number of carbonyl (C=O) groups excluding carboxylic acids is 4.